The van der Waals surface area contributed by atoms with Crippen LogP contribution >= 0.6 is 0 Å². The Morgan fingerprint density at radius 3 is 2.76 bits per heavy atom. The molecule has 2 aromatic rings. The second-order valence-corrected chi connectivity index (χ2v) is 3.81. The lowest BCUT2D eigenvalue weighted by Crippen LogP contribution is -2.17. The number of carboxylic acid groups (broad SMARTS) is 1. The van der Waals surface area contributed by atoms with Crippen molar-refractivity contribution in [1.29, 1.82) is 0 Å². The summed E-state index contributed by atoms with van der Waals surface area (Å²) in [6, 6.07) is 3.46. The molecule has 0 aromatic carbocycles. The van der Waals surface area contributed by atoms with Gasteiger partial charge in [0.1, 0.15) is 11.5 Å². The second-order valence-electron chi connectivity index (χ2n) is 3.81. The molecular formula is C11H12N2O4. The number of carbonyl (C=O) groups is 1. The average Bonchev–Trinajstić information content (AvgIpc) is 2.77. The van der Waals surface area contributed by atoms with Crippen LogP contribution in [0.25, 0.3) is 11.5 Å². The third kappa shape index (κ3) is 2.01. The number of aliphatic carboxylic acids is 1. The molecule has 0 aliphatic carbocycles. The molecule has 0 amide bonds. The summed E-state index contributed by atoms with van der Waals surface area (Å²) in [6.07, 6.45) is -0.328. The van der Waals surface area contributed by atoms with Crippen LogP contribution in [-0.4, -0.2) is 20.9 Å². The molecule has 2 rings (SSSR count). The van der Waals surface area contributed by atoms with Crippen LogP contribution in [0.15, 0.2) is 21.3 Å². The van der Waals surface area contributed by atoms with Gasteiger partial charge in [0, 0.05) is 7.05 Å². The molecule has 0 spiro atoms. The van der Waals surface area contributed by atoms with Crippen LogP contribution < -0.4 is 5.56 Å². The molecule has 0 atom stereocenters. The van der Waals surface area contributed by atoms with Crippen molar-refractivity contribution < 1.29 is 14.3 Å². The Hall–Kier alpha value is -2.24. The highest BCUT2D eigenvalue weighted by molar-refractivity contribution is 5.73. The van der Waals surface area contributed by atoms with E-state index in [-0.39, 0.29) is 17.5 Å². The van der Waals surface area contributed by atoms with Gasteiger partial charge >= 0.3 is 5.97 Å². The van der Waals surface area contributed by atoms with Crippen LogP contribution in [0.5, 0.6) is 0 Å². The van der Waals surface area contributed by atoms with E-state index in [4.69, 9.17) is 9.52 Å². The number of carboxylic acids is 1. The Kier molecular flexibility index (Phi) is 2.63. The monoisotopic (exact) mass is 236 g/mol. The number of aromatic nitrogens is 2. The van der Waals surface area contributed by atoms with E-state index in [1.54, 1.807) is 19.1 Å². The Balaban J connectivity index is 2.57. The smallest absolute Gasteiger partial charge is 0.308 e. The van der Waals surface area contributed by atoms with Crippen molar-refractivity contribution in [3.8, 4) is 11.5 Å². The Morgan fingerprint density at radius 1 is 1.53 bits per heavy atom. The number of aromatic amines is 1. The topological polar surface area (TPSA) is 88.2 Å². The zero-order chi connectivity index (χ0) is 12.6. The molecule has 2 aromatic heterocycles. The van der Waals surface area contributed by atoms with Crippen molar-refractivity contribution in [3.63, 3.8) is 0 Å². The van der Waals surface area contributed by atoms with Gasteiger partial charge in [-0.1, -0.05) is 0 Å². The number of furan rings is 1. The van der Waals surface area contributed by atoms with Crippen LogP contribution in [0.3, 0.4) is 0 Å². The van der Waals surface area contributed by atoms with Gasteiger partial charge in [-0.05, 0) is 19.1 Å². The van der Waals surface area contributed by atoms with Gasteiger partial charge in [0.15, 0.2) is 5.76 Å². The first kappa shape index (κ1) is 11.3. The second kappa shape index (κ2) is 3.97. The van der Waals surface area contributed by atoms with Crippen LogP contribution in [0.1, 0.15) is 11.3 Å². The van der Waals surface area contributed by atoms with Gasteiger partial charge in [-0.2, -0.15) is 0 Å². The summed E-state index contributed by atoms with van der Waals surface area (Å²) >= 11 is 0. The molecule has 0 saturated heterocycles. The summed E-state index contributed by atoms with van der Waals surface area (Å²) in [5.74, 6) is 0.119. The lowest BCUT2D eigenvalue weighted by molar-refractivity contribution is -0.136. The van der Waals surface area contributed by atoms with E-state index in [0.29, 0.717) is 17.2 Å². The van der Waals surface area contributed by atoms with E-state index in [1.807, 2.05) is 0 Å². The number of nitrogens with zero attached hydrogens (tertiary/aromatic N) is 1. The number of hydrogen-bond acceptors (Lipinski definition) is 3. The van der Waals surface area contributed by atoms with Gasteiger partial charge < -0.3 is 9.52 Å². The highest BCUT2D eigenvalue weighted by Crippen LogP contribution is 2.22. The first-order valence-corrected chi connectivity index (χ1v) is 5.05. The summed E-state index contributed by atoms with van der Waals surface area (Å²) in [4.78, 5) is 22.5. The molecule has 0 radical (unpaired) electrons. The van der Waals surface area contributed by atoms with Crippen molar-refractivity contribution in [2.75, 3.05) is 0 Å². The lowest BCUT2D eigenvalue weighted by atomic mass is 10.1. The Morgan fingerprint density at radius 2 is 2.24 bits per heavy atom. The minimum absolute atomic E-state index is 0.203. The van der Waals surface area contributed by atoms with Crippen molar-refractivity contribution >= 4 is 5.97 Å². The van der Waals surface area contributed by atoms with Crippen molar-refractivity contribution in [3.05, 3.63) is 33.8 Å². The zero-order valence-corrected chi connectivity index (χ0v) is 9.48. The van der Waals surface area contributed by atoms with Crippen molar-refractivity contribution in [2.45, 2.75) is 13.3 Å². The molecule has 17 heavy (non-hydrogen) atoms. The summed E-state index contributed by atoms with van der Waals surface area (Å²) in [5.41, 5.74) is 0.277. The van der Waals surface area contributed by atoms with Crippen molar-refractivity contribution in [1.82, 2.24) is 9.78 Å². The van der Waals surface area contributed by atoms with Crippen LogP contribution in [0, 0.1) is 6.92 Å². The average molecular weight is 236 g/mol. The zero-order valence-electron chi connectivity index (χ0n) is 9.48. The molecule has 0 saturated carbocycles. The number of nitrogens with one attached hydrogen (secondary N) is 1. The maximum absolute atomic E-state index is 11.7. The summed E-state index contributed by atoms with van der Waals surface area (Å²) in [5, 5.41) is 11.6. The molecule has 90 valence electrons. The number of rotatable bonds is 3. The van der Waals surface area contributed by atoms with Gasteiger partial charge in [-0.25, -0.2) is 0 Å². The Labute approximate surface area is 96.5 Å². The summed E-state index contributed by atoms with van der Waals surface area (Å²) in [7, 11) is 1.53. The van der Waals surface area contributed by atoms with Gasteiger partial charge in [0.2, 0.25) is 0 Å². The first-order valence-electron chi connectivity index (χ1n) is 5.05. The minimum atomic E-state index is -1.05. The molecule has 6 heteroatoms. The molecule has 0 aliphatic heterocycles. The molecule has 2 heterocycles. The third-order valence-electron chi connectivity index (χ3n) is 2.46. The van der Waals surface area contributed by atoms with Crippen LogP contribution in [0.2, 0.25) is 0 Å². The van der Waals surface area contributed by atoms with Crippen LogP contribution in [0.4, 0.5) is 0 Å². The summed E-state index contributed by atoms with van der Waals surface area (Å²) < 4.78 is 6.63. The number of aryl methyl sites for hydroxylation is 2. The van der Waals surface area contributed by atoms with Crippen molar-refractivity contribution in [2.24, 2.45) is 7.05 Å². The van der Waals surface area contributed by atoms with E-state index >= 15 is 0 Å². The highest BCUT2D eigenvalue weighted by atomic mass is 16.4. The number of hydrogen-bond donors (Lipinski definition) is 2. The molecule has 0 bridgehead atoms. The van der Waals surface area contributed by atoms with E-state index in [1.165, 1.54) is 11.7 Å². The molecule has 0 aliphatic rings. The normalized spacial score (nSPS) is 10.7. The maximum Gasteiger partial charge on any atom is 0.308 e. The molecule has 0 fully saturated rings. The van der Waals surface area contributed by atoms with E-state index in [9.17, 15) is 9.59 Å². The standard InChI is InChI=1S/C11H12N2O4/c1-6-3-4-8(17-6)10-7(5-9(14)15)11(16)13(2)12-10/h3-4,12H,5H2,1-2H3,(H,14,15). The van der Waals surface area contributed by atoms with Crippen LogP contribution in [-0.2, 0) is 18.3 Å². The van der Waals surface area contributed by atoms with Gasteiger partial charge in [0.05, 0.1) is 12.0 Å². The van der Waals surface area contributed by atoms with Gasteiger partial charge in [0.25, 0.3) is 5.56 Å². The van der Waals surface area contributed by atoms with Gasteiger partial charge in [-0.15, -0.1) is 0 Å². The molecule has 6 nitrogen and oxygen atoms in total. The van der Waals surface area contributed by atoms with E-state index in [2.05, 4.69) is 5.10 Å². The van der Waals surface area contributed by atoms with E-state index < -0.39 is 5.97 Å². The lowest BCUT2D eigenvalue weighted by Gasteiger charge is -1.95. The number of H-pyrrole nitrogens is 1. The van der Waals surface area contributed by atoms with E-state index in [0.717, 1.165) is 0 Å². The van der Waals surface area contributed by atoms with Gasteiger partial charge in [-0.3, -0.25) is 19.4 Å². The predicted octanol–water partition coefficient (Wildman–Crippen LogP) is 0.909. The SMILES string of the molecule is Cc1ccc(-c2[nH]n(C)c(=O)c2CC(=O)O)o1. The predicted molar refractivity (Wildman–Crippen MR) is 59.8 cm³/mol. The molecular weight excluding hydrogens is 224 g/mol. The first-order chi connectivity index (χ1) is 7.99. The fraction of sp³-hybridized carbons (Fsp3) is 0.273. The largest absolute Gasteiger partial charge is 0.481 e. The fourth-order valence-corrected chi connectivity index (χ4v) is 1.68. The Bertz CT molecular complexity index is 618. The molecule has 0 unspecified atom stereocenters. The quantitative estimate of drug-likeness (QED) is 0.829. The molecule has 2 N–H and O–H groups in total. The fourth-order valence-electron chi connectivity index (χ4n) is 1.68. The summed E-state index contributed by atoms with van der Waals surface area (Å²) in [6.45, 7) is 1.78. The highest BCUT2D eigenvalue weighted by Gasteiger charge is 2.18. The minimum Gasteiger partial charge on any atom is -0.481 e. The third-order valence-corrected chi connectivity index (χ3v) is 2.46. The maximum atomic E-state index is 11.7.